The van der Waals surface area contributed by atoms with Crippen LogP contribution in [0, 0.1) is 0 Å². The highest BCUT2D eigenvalue weighted by Gasteiger charge is 1.68. The van der Waals surface area contributed by atoms with Gasteiger partial charge >= 0.3 is 0 Å². The van der Waals surface area contributed by atoms with Gasteiger partial charge in [-0.2, -0.15) is 0 Å². The quantitative estimate of drug-likeness (QED) is 0.413. The average molecular weight is 158 g/mol. The summed E-state index contributed by atoms with van der Waals surface area (Å²) in [5.74, 6) is 0. The van der Waals surface area contributed by atoms with Gasteiger partial charge in [-0.05, 0) is 0 Å². The van der Waals surface area contributed by atoms with Crippen molar-refractivity contribution < 1.29 is 4.79 Å². The highest BCUT2D eigenvalue weighted by Crippen LogP contribution is 1.73. The third kappa shape index (κ3) is 36.7. The Morgan fingerprint density at radius 1 is 1.50 bits per heavy atom. The van der Waals surface area contributed by atoms with E-state index in [-0.39, 0.29) is 5.34 Å². The lowest BCUT2D eigenvalue weighted by atomic mass is 11.0. The van der Waals surface area contributed by atoms with Crippen LogP contribution in [0.2, 0.25) is 0 Å². The van der Waals surface area contributed by atoms with E-state index in [2.05, 4.69) is 0 Å². The van der Waals surface area contributed by atoms with Crippen molar-refractivity contribution in [3.05, 3.63) is 0 Å². The topological polar surface area (TPSA) is 20.3 Å². The lowest BCUT2D eigenvalue weighted by molar-refractivity contribution is -0.115. The molecule has 0 fully saturated rings. The number of hydrogen-bond donors (Lipinski definition) is 0. The molecule has 1 amide bonds. The van der Waals surface area contributed by atoms with Crippen LogP contribution in [0.1, 0.15) is 0 Å². The van der Waals surface area contributed by atoms with Crippen molar-refractivity contribution in [2.75, 3.05) is 19.4 Å². The molecule has 0 heterocycles. The summed E-state index contributed by atoms with van der Waals surface area (Å²) < 4.78 is 0. The first-order valence-electron chi connectivity index (χ1n) is 1.92. The maximum absolute atomic E-state index is 9.43. The summed E-state index contributed by atoms with van der Waals surface area (Å²) in [4.78, 5) is 10.9. The van der Waals surface area contributed by atoms with Gasteiger partial charge in [-0.3, -0.25) is 4.79 Å². The summed E-state index contributed by atoms with van der Waals surface area (Å²) in [7, 11) is 3.38. The van der Waals surface area contributed by atoms with Gasteiger partial charge in [0.2, 0.25) is 6.41 Å². The van der Waals surface area contributed by atoms with E-state index in [1.807, 2.05) is 0 Å². The number of hydrogen-bond acceptors (Lipinski definition) is 1. The minimum atomic E-state index is 0.194. The normalized spacial score (nSPS) is 6.50. The monoisotopic (exact) mass is 157 g/mol. The number of carbonyl (C=O) groups is 1. The molecule has 0 aromatic rings. The van der Waals surface area contributed by atoms with Gasteiger partial charge in [-0.15, -0.1) is 23.2 Å². The zero-order valence-corrected chi connectivity index (χ0v) is 6.41. The Kier molecular flexibility index (Phi) is 13.8. The van der Waals surface area contributed by atoms with E-state index < -0.39 is 0 Å². The molecule has 8 heavy (non-hydrogen) atoms. The van der Waals surface area contributed by atoms with Crippen molar-refractivity contribution >= 4 is 29.6 Å². The molecular weight excluding hydrogens is 149 g/mol. The van der Waals surface area contributed by atoms with Crippen LogP contribution in [0.3, 0.4) is 0 Å². The molecule has 0 radical (unpaired) electrons. The van der Waals surface area contributed by atoms with E-state index >= 15 is 0 Å². The summed E-state index contributed by atoms with van der Waals surface area (Å²) >= 11 is 9.53. The Labute approximate surface area is 59.4 Å². The van der Waals surface area contributed by atoms with Crippen LogP contribution in [0.4, 0.5) is 0 Å². The van der Waals surface area contributed by atoms with E-state index in [1.165, 1.54) is 4.90 Å². The van der Waals surface area contributed by atoms with Crippen molar-refractivity contribution in [2.24, 2.45) is 0 Å². The van der Waals surface area contributed by atoms with Crippen LogP contribution in [0.5, 0.6) is 0 Å². The van der Waals surface area contributed by atoms with E-state index in [4.69, 9.17) is 23.2 Å². The second kappa shape index (κ2) is 10.1. The smallest absolute Gasteiger partial charge is 0.209 e. The lowest BCUT2D eigenvalue weighted by Gasteiger charge is -1.93. The molecule has 0 aliphatic heterocycles. The maximum atomic E-state index is 9.43. The molecule has 0 N–H and O–H groups in total. The molecule has 0 rings (SSSR count). The van der Waals surface area contributed by atoms with Gasteiger partial charge in [0.25, 0.3) is 0 Å². The van der Waals surface area contributed by atoms with E-state index in [0.717, 1.165) is 6.41 Å². The second-order valence-corrected chi connectivity index (χ2v) is 1.98. The molecule has 0 aliphatic rings. The molecule has 2 nitrogen and oxygen atoms in total. The molecule has 0 aliphatic carbocycles. The number of rotatable bonds is 1. The van der Waals surface area contributed by atoms with Crippen LogP contribution < -0.4 is 0 Å². The first kappa shape index (κ1) is 10.9. The lowest BCUT2D eigenvalue weighted by Crippen LogP contribution is -2.06. The van der Waals surface area contributed by atoms with Gasteiger partial charge in [0.15, 0.2) is 0 Å². The number of halogens is 2. The van der Waals surface area contributed by atoms with E-state index in [9.17, 15) is 4.79 Å². The molecule has 50 valence electrons. The molecular formula is C4H9Cl2NO. The molecule has 0 saturated carbocycles. The summed E-state index contributed by atoms with van der Waals surface area (Å²) in [5, 5.41) is 0.194. The Balaban J connectivity index is 0. The van der Waals surface area contributed by atoms with Gasteiger partial charge in [0.05, 0.1) is 5.34 Å². The van der Waals surface area contributed by atoms with Gasteiger partial charge in [0.1, 0.15) is 0 Å². The molecule has 0 atom stereocenters. The highest BCUT2D eigenvalue weighted by molar-refractivity contribution is 6.40. The predicted molar refractivity (Wildman–Crippen MR) is 36.3 cm³/mol. The van der Waals surface area contributed by atoms with Gasteiger partial charge < -0.3 is 4.90 Å². The van der Waals surface area contributed by atoms with Crippen molar-refractivity contribution in [1.29, 1.82) is 0 Å². The summed E-state index contributed by atoms with van der Waals surface area (Å²) in [5.41, 5.74) is 0. The zero-order chi connectivity index (χ0) is 6.99. The zero-order valence-electron chi connectivity index (χ0n) is 4.90. The van der Waals surface area contributed by atoms with Crippen molar-refractivity contribution in [1.82, 2.24) is 4.90 Å². The number of nitrogens with zero attached hydrogens (tertiary/aromatic N) is 1. The van der Waals surface area contributed by atoms with Crippen LogP contribution in [0.25, 0.3) is 0 Å². The van der Waals surface area contributed by atoms with Crippen molar-refractivity contribution in [2.45, 2.75) is 0 Å². The third-order valence-corrected chi connectivity index (χ3v) is 0.211. The van der Waals surface area contributed by atoms with Crippen LogP contribution in [-0.4, -0.2) is 30.7 Å². The van der Waals surface area contributed by atoms with Gasteiger partial charge in [-0.1, -0.05) is 0 Å². The maximum Gasteiger partial charge on any atom is 0.209 e. The number of alkyl halides is 2. The van der Waals surface area contributed by atoms with Crippen molar-refractivity contribution in [3.8, 4) is 0 Å². The highest BCUT2D eigenvalue weighted by atomic mass is 35.5. The largest absolute Gasteiger partial charge is 0.351 e. The minimum Gasteiger partial charge on any atom is -0.351 e. The molecule has 0 aromatic carbocycles. The fourth-order valence-corrected chi connectivity index (χ4v) is 0. The first-order chi connectivity index (χ1) is 3.68. The minimum absolute atomic E-state index is 0.194. The fraction of sp³-hybridized carbons (Fsp3) is 0.750. The Morgan fingerprint density at radius 2 is 1.62 bits per heavy atom. The van der Waals surface area contributed by atoms with Gasteiger partial charge in [-0.25, -0.2) is 0 Å². The summed E-state index contributed by atoms with van der Waals surface area (Å²) in [6, 6.07) is 0. The van der Waals surface area contributed by atoms with Crippen LogP contribution in [-0.2, 0) is 4.79 Å². The summed E-state index contributed by atoms with van der Waals surface area (Å²) in [6.45, 7) is 0. The fourth-order valence-electron chi connectivity index (χ4n) is 0. The number of amides is 1. The van der Waals surface area contributed by atoms with Gasteiger partial charge in [0, 0.05) is 14.1 Å². The van der Waals surface area contributed by atoms with E-state index in [1.54, 1.807) is 14.1 Å². The molecule has 0 unspecified atom stereocenters. The van der Waals surface area contributed by atoms with Crippen molar-refractivity contribution in [3.63, 3.8) is 0 Å². The second-order valence-electron chi connectivity index (χ2n) is 1.17. The molecule has 0 saturated heterocycles. The average Bonchev–Trinajstić information content (AvgIpc) is 1.69. The third-order valence-electron chi connectivity index (χ3n) is 0.211. The van der Waals surface area contributed by atoms with Crippen LogP contribution >= 0.6 is 23.2 Å². The van der Waals surface area contributed by atoms with E-state index in [0.29, 0.717) is 0 Å². The molecule has 4 heteroatoms. The number of carbonyl (C=O) groups excluding carboxylic acids is 1. The first-order valence-corrected chi connectivity index (χ1v) is 2.99. The standard InChI is InChI=1S/C3H7NO.CH2Cl2/c1-4(2)3-5;2-1-3/h3H,1-2H3;1H2. The van der Waals surface area contributed by atoms with Crippen LogP contribution in [0.15, 0.2) is 0 Å². The summed E-state index contributed by atoms with van der Waals surface area (Å²) in [6.07, 6.45) is 0.750. The SMILES string of the molecule is CN(C)C=O.ClCCl. The molecule has 0 spiro atoms. The molecule has 0 bridgehead atoms. The predicted octanol–water partition coefficient (Wildman–Crippen LogP) is 1.13. The Hall–Kier alpha value is 0.0500. The Morgan fingerprint density at radius 3 is 1.62 bits per heavy atom. The molecule has 0 aromatic heterocycles. The Bertz CT molecular complexity index is 49.3.